The quantitative estimate of drug-likeness (QED) is 0.645. The van der Waals surface area contributed by atoms with Gasteiger partial charge in [-0.05, 0) is 37.3 Å². The molecular formula is C18H17NO3. The number of fused-ring (bicyclic) bond motifs is 1. The van der Waals surface area contributed by atoms with Gasteiger partial charge in [-0.25, -0.2) is 4.98 Å². The fraction of sp³-hybridized carbons (Fsp3) is 0.333. The van der Waals surface area contributed by atoms with E-state index in [1.807, 2.05) is 30.3 Å². The molecule has 1 aromatic heterocycles. The Morgan fingerprint density at radius 1 is 1.36 bits per heavy atom. The molecule has 0 spiro atoms. The largest absolute Gasteiger partial charge is 0.353 e. The number of para-hydroxylation sites is 1. The van der Waals surface area contributed by atoms with Crippen LogP contribution in [0.15, 0.2) is 30.3 Å². The smallest absolute Gasteiger partial charge is 0.158 e. The Labute approximate surface area is 129 Å². The Hall–Kier alpha value is -2.22. The molecule has 1 fully saturated rings. The summed E-state index contributed by atoms with van der Waals surface area (Å²) < 4.78 is 11.0. The number of hydrogen-bond donors (Lipinski definition) is 0. The molecule has 0 aliphatic carbocycles. The minimum atomic E-state index is -0.154. The lowest BCUT2D eigenvalue weighted by Crippen LogP contribution is -2.22. The molecule has 112 valence electrons. The number of aromatic nitrogens is 1. The van der Waals surface area contributed by atoms with Gasteiger partial charge in [0, 0.05) is 17.6 Å². The second-order valence-electron chi connectivity index (χ2n) is 5.15. The van der Waals surface area contributed by atoms with E-state index in [0.717, 1.165) is 43.1 Å². The van der Waals surface area contributed by atoms with Crippen LogP contribution in [0.1, 0.15) is 35.3 Å². The first-order valence-electron chi connectivity index (χ1n) is 7.44. The number of pyridine rings is 1. The summed E-state index contributed by atoms with van der Waals surface area (Å²) in [5.41, 5.74) is 1.82. The van der Waals surface area contributed by atoms with Crippen molar-refractivity contribution in [3.63, 3.8) is 0 Å². The van der Waals surface area contributed by atoms with Crippen molar-refractivity contribution in [3.8, 4) is 11.8 Å². The molecule has 1 aliphatic heterocycles. The van der Waals surface area contributed by atoms with Crippen molar-refractivity contribution < 1.29 is 14.3 Å². The van der Waals surface area contributed by atoms with Gasteiger partial charge in [0.15, 0.2) is 12.6 Å². The number of benzene rings is 1. The van der Waals surface area contributed by atoms with Crippen LogP contribution in [0, 0.1) is 11.8 Å². The van der Waals surface area contributed by atoms with Crippen molar-refractivity contribution in [1.29, 1.82) is 0 Å². The number of carbonyl (C=O) groups is 1. The number of nitrogens with zero attached hydrogens (tertiary/aromatic N) is 1. The van der Waals surface area contributed by atoms with Gasteiger partial charge in [0.1, 0.15) is 12.3 Å². The summed E-state index contributed by atoms with van der Waals surface area (Å²) >= 11 is 0. The summed E-state index contributed by atoms with van der Waals surface area (Å²) in [6.07, 6.45) is 3.76. The molecule has 1 unspecified atom stereocenters. The number of aldehydes is 1. The standard InChI is InChI=1S/C18H17NO3/c20-13-15-12-14-6-1-2-7-16(14)19-17(15)8-5-11-22-18-9-3-4-10-21-18/h1-2,6-7,12-13,18H,3-4,9-11H2. The number of carbonyl (C=O) groups excluding carboxylic acids is 1. The van der Waals surface area contributed by atoms with Crippen LogP contribution in [0.5, 0.6) is 0 Å². The first kappa shape index (κ1) is 14.7. The fourth-order valence-electron chi connectivity index (χ4n) is 2.42. The van der Waals surface area contributed by atoms with E-state index in [0.29, 0.717) is 11.3 Å². The normalized spacial score (nSPS) is 17.7. The molecule has 22 heavy (non-hydrogen) atoms. The molecule has 3 rings (SSSR count). The lowest BCUT2D eigenvalue weighted by atomic mass is 10.1. The zero-order valence-electron chi connectivity index (χ0n) is 12.2. The third kappa shape index (κ3) is 3.51. The maximum Gasteiger partial charge on any atom is 0.158 e. The van der Waals surface area contributed by atoms with Gasteiger partial charge in [-0.15, -0.1) is 0 Å². The molecule has 2 heterocycles. The second kappa shape index (κ2) is 7.17. The molecule has 4 heteroatoms. The molecule has 1 atom stereocenters. The van der Waals surface area contributed by atoms with E-state index >= 15 is 0 Å². The molecule has 2 aromatic rings. The zero-order chi connectivity index (χ0) is 15.2. The highest BCUT2D eigenvalue weighted by Gasteiger charge is 2.12. The summed E-state index contributed by atoms with van der Waals surface area (Å²) in [7, 11) is 0. The highest BCUT2D eigenvalue weighted by molar-refractivity contribution is 5.88. The molecule has 1 aromatic carbocycles. The van der Waals surface area contributed by atoms with Crippen LogP contribution in [-0.4, -0.2) is 30.8 Å². The van der Waals surface area contributed by atoms with E-state index in [1.165, 1.54) is 0 Å². The first-order valence-corrected chi connectivity index (χ1v) is 7.44. The predicted molar refractivity (Wildman–Crippen MR) is 83.6 cm³/mol. The molecule has 0 N–H and O–H groups in total. The van der Waals surface area contributed by atoms with Crippen molar-refractivity contribution >= 4 is 17.2 Å². The molecular weight excluding hydrogens is 278 g/mol. The Morgan fingerprint density at radius 2 is 2.27 bits per heavy atom. The Morgan fingerprint density at radius 3 is 3.09 bits per heavy atom. The minimum Gasteiger partial charge on any atom is -0.353 e. The summed E-state index contributed by atoms with van der Waals surface area (Å²) in [4.78, 5) is 15.6. The van der Waals surface area contributed by atoms with Crippen molar-refractivity contribution in [3.05, 3.63) is 41.6 Å². The third-order valence-electron chi connectivity index (χ3n) is 3.57. The van der Waals surface area contributed by atoms with Crippen molar-refractivity contribution in [1.82, 2.24) is 4.98 Å². The van der Waals surface area contributed by atoms with E-state index in [-0.39, 0.29) is 12.9 Å². The highest BCUT2D eigenvalue weighted by Crippen LogP contribution is 2.15. The lowest BCUT2D eigenvalue weighted by Gasteiger charge is -2.21. The van der Waals surface area contributed by atoms with Gasteiger partial charge >= 0.3 is 0 Å². The summed E-state index contributed by atoms with van der Waals surface area (Å²) in [5, 5.41) is 0.932. The Balaban J connectivity index is 1.72. The van der Waals surface area contributed by atoms with Gasteiger partial charge in [0.2, 0.25) is 0 Å². The van der Waals surface area contributed by atoms with Crippen LogP contribution in [0.2, 0.25) is 0 Å². The molecule has 0 radical (unpaired) electrons. The maximum atomic E-state index is 11.2. The van der Waals surface area contributed by atoms with Gasteiger partial charge in [-0.2, -0.15) is 0 Å². The van der Waals surface area contributed by atoms with E-state index in [2.05, 4.69) is 16.8 Å². The van der Waals surface area contributed by atoms with Crippen LogP contribution in [0.4, 0.5) is 0 Å². The fourth-order valence-corrected chi connectivity index (χ4v) is 2.42. The molecule has 0 bridgehead atoms. The lowest BCUT2D eigenvalue weighted by molar-refractivity contribution is -0.154. The number of hydrogen-bond acceptors (Lipinski definition) is 4. The van der Waals surface area contributed by atoms with Crippen molar-refractivity contribution in [2.75, 3.05) is 13.2 Å². The van der Waals surface area contributed by atoms with Crippen LogP contribution in [0.3, 0.4) is 0 Å². The van der Waals surface area contributed by atoms with Gasteiger partial charge < -0.3 is 9.47 Å². The van der Waals surface area contributed by atoms with Gasteiger partial charge in [-0.1, -0.05) is 24.1 Å². The van der Waals surface area contributed by atoms with E-state index in [9.17, 15) is 4.79 Å². The summed E-state index contributed by atoms with van der Waals surface area (Å²) in [5.74, 6) is 5.84. The SMILES string of the molecule is O=Cc1cc2ccccc2nc1C#CCOC1CCCCO1. The summed E-state index contributed by atoms with van der Waals surface area (Å²) in [6.45, 7) is 1.02. The van der Waals surface area contributed by atoms with Crippen LogP contribution in [0.25, 0.3) is 10.9 Å². The highest BCUT2D eigenvalue weighted by atomic mass is 16.7. The molecule has 0 saturated carbocycles. The molecule has 4 nitrogen and oxygen atoms in total. The molecule has 1 aliphatic rings. The van der Waals surface area contributed by atoms with E-state index < -0.39 is 0 Å². The van der Waals surface area contributed by atoms with Crippen molar-refractivity contribution in [2.24, 2.45) is 0 Å². The topological polar surface area (TPSA) is 48.4 Å². The average Bonchev–Trinajstić information content (AvgIpc) is 2.59. The minimum absolute atomic E-state index is 0.154. The maximum absolute atomic E-state index is 11.2. The van der Waals surface area contributed by atoms with Crippen LogP contribution in [-0.2, 0) is 9.47 Å². The second-order valence-corrected chi connectivity index (χ2v) is 5.15. The monoisotopic (exact) mass is 295 g/mol. The van der Waals surface area contributed by atoms with Crippen molar-refractivity contribution in [2.45, 2.75) is 25.6 Å². The van der Waals surface area contributed by atoms with Gasteiger partial charge in [0.25, 0.3) is 0 Å². The molecule has 1 saturated heterocycles. The number of rotatable bonds is 3. The first-order chi connectivity index (χ1) is 10.9. The Bertz CT molecular complexity index is 724. The van der Waals surface area contributed by atoms with E-state index in [4.69, 9.17) is 9.47 Å². The zero-order valence-corrected chi connectivity index (χ0v) is 12.2. The van der Waals surface area contributed by atoms with Crippen LogP contribution >= 0.6 is 0 Å². The average molecular weight is 295 g/mol. The Kier molecular flexibility index (Phi) is 4.79. The van der Waals surface area contributed by atoms with Crippen LogP contribution < -0.4 is 0 Å². The van der Waals surface area contributed by atoms with E-state index in [1.54, 1.807) is 0 Å². The third-order valence-corrected chi connectivity index (χ3v) is 3.57. The molecule has 0 amide bonds. The predicted octanol–water partition coefficient (Wildman–Crippen LogP) is 2.94. The number of ether oxygens (including phenoxy) is 2. The summed E-state index contributed by atoms with van der Waals surface area (Å²) in [6, 6.07) is 9.47. The van der Waals surface area contributed by atoms with Gasteiger partial charge in [0.05, 0.1) is 5.52 Å². The van der Waals surface area contributed by atoms with Gasteiger partial charge in [-0.3, -0.25) is 4.79 Å².